The fourth-order valence-corrected chi connectivity index (χ4v) is 11.5. The van der Waals surface area contributed by atoms with Crippen LogP contribution in [0, 0.1) is 41.5 Å². The second kappa shape index (κ2) is 26.8. The van der Waals surface area contributed by atoms with Crippen molar-refractivity contribution >= 4 is 68.9 Å². The van der Waals surface area contributed by atoms with Gasteiger partial charge in [0, 0.05) is 81.0 Å². The van der Waals surface area contributed by atoms with Crippen LogP contribution in [0.5, 0.6) is 0 Å². The standard InChI is InChI=1S/C54H64Cl2N8O8S2/c1-33-35(3)73-53-47(33)49(39-11-15-41(55)16-12-39)57-45(51-61-59-37(5)63(51)53)31-43(65)9-7-19-67-21-23-69-25-27-71-29-30-72-28-26-70-24-22-68-20-8-10-44(66)32-46-52-62-60-38(6)64(52)54-48(34(2)36(4)74-54)50(58-46)40-13-17-42(56)18-14-40/h11-18,45-46H,7-10,19-32H2,1-6H3. The van der Waals surface area contributed by atoms with Crippen LogP contribution in [0.2, 0.25) is 10.0 Å². The molecule has 16 nitrogen and oxygen atoms in total. The number of hydrogen-bond donors (Lipinski definition) is 0. The number of nitrogens with zero attached hydrogens (tertiary/aromatic N) is 8. The minimum atomic E-state index is -0.481. The van der Waals surface area contributed by atoms with Gasteiger partial charge in [-0.25, -0.2) is 0 Å². The van der Waals surface area contributed by atoms with E-state index in [1.165, 1.54) is 9.75 Å². The van der Waals surface area contributed by atoms with E-state index in [-0.39, 0.29) is 24.4 Å². The summed E-state index contributed by atoms with van der Waals surface area (Å²) in [5.41, 5.74) is 7.92. The summed E-state index contributed by atoms with van der Waals surface area (Å²) in [5, 5.41) is 21.1. The number of aryl methyl sites for hydroxylation is 4. The summed E-state index contributed by atoms with van der Waals surface area (Å²) in [6.07, 6.45) is 2.36. The molecule has 20 heteroatoms. The Kier molecular flexibility index (Phi) is 20.0. The van der Waals surface area contributed by atoms with Crippen molar-refractivity contribution in [2.75, 3.05) is 79.3 Å². The summed E-state index contributed by atoms with van der Waals surface area (Å²) in [7, 11) is 0. The van der Waals surface area contributed by atoms with Gasteiger partial charge in [-0.3, -0.25) is 28.7 Å². The normalized spacial score (nSPS) is 15.0. The Labute approximate surface area is 450 Å². The van der Waals surface area contributed by atoms with E-state index < -0.39 is 12.1 Å². The first-order chi connectivity index (χ1) is 35.9. The van der Waals surface area contributed by atoms with E-state index >= 15 is 0 Å². The van der Waals surface area contributed by atoms with Crippen LogP contribution in [0.3, 0.4) is 0 Å². The number of Topliss-reactive ketones (excluding diaryl/α,β-unsaturated/α-hetero) is 2. The van der Waals surface area contributed by atoms with Crippen molar-refractivity contribution in [3.05, 3.63) is 125 Å². The zero-order valence-corrected chi connectivity index (χ0v) is 46.1. The van der Waals surface area contributed by atoms with Gasteiger partial charge < -0.3 is 28.4 Å². The molecular formula is C54H64Cl2N8O8S2. The van der Waals surface area contributed by atoms with Crippen LogP contribution in [0.15, 0.2) is 58.5 Å². The SMILES string of the molecule is Cc1sc2c(c1C)C(c1ccc(Cl)cc1)=NC(CC(=O)CCCOCCOCCOCCOCCOCCOCCCC(=O)CC1N=C(c3ccc(Cl)cc3)c3c(sc(C)c3C)-n3c(C)nnc31)c1nnc(C)n1-2. The number of ketones is 2. The van der Waals surface area contributed by atoms with Gasteiger partial charge in [-0.2, -0.15) is 0 Å². The zero-order valence-electron chi connectivity index (χ0n) is 42.9. The van der Waals surface area contributed by atoms with Crippen LogP contribution < -0.4 is 0 Å². The third-order valence-electron chi connectivity index (χ3n) is 12.9. The third kappa shape index (κ3) is 13.8. The first-order valence-corrected chi connectivity index (χ1v) is 27.5. The molecule has 0 amide bonds. The Hall–Kier alpha value is -4.86. The van der Waals surface area contributed by atoms with Crippen LogP contribution in [-0.2, 0) is 38.0 Å². The third-order valence-corrected chi connectivity index (χ3v) is 15.8. The number of thiophene rings is 2. The van der Waals surface area contributed by atoms with Crippen molar-refractivity contribution in [2.24, 2.45) is 9.98 Å². The highest BCUT2D eigenvalue weighted by Gasteiger charge is 2.34. The highest BCUT2D eigenvalue weighted by Crippen LogP contribution is 2.41. The van der Waals surface area contributed by atoms with Gasteiger partial charge in [-0.05, 0) is 89.8 Å². The predicted octanol–water partition coefficient (Wildman–Crippen LogP) is 10.2. The molecule has 2 aromatic carbocycles. The van der Waals surface area contributed by atoms with Crippen molar-refractivity contribution in [2.45, 2.75) is 92.2 Å². The molecule has 0 bridgehead atoms. The van der Waals surface area contributed by atoms with Gasteiger partial charge in [-0.1, -0.05) is 47.5 Å². The minimum absolute atomic E-state index is 0.0893. The fraction of sp³-hybridized carbons (Fsp3) is 0.481. The second-order valence-corrected chi connectivity index (χ2v) is 21.5. The number of carbonyl (C=O) groups excluding carboxylic acids is 2. The molecule has 4 aromatic heterocycles. The highest BCUT2D eigenvalue weighted by molar-refractivity contribution is 7.15. The quantitative estimate of drug-likeness (QED) is 0.0407. The fourth-order valence-electron chi connectivity index (χ4n) is 8.84. The van der Waals surface area contributed by atoms with Gasteiger partial charge in [0.2, 0.25) is 0 Å². The molecule has 6 aromatic rings. The molecule has 2 unspecified atom stereocenters. The molecule has 2 aliphatic heterocycles. The first kappa shape index (κ1) is 55.4. The molecule has 394 valence electrons. The maximum absolute atomic E-state index is 13.3. The van der Waals surface area contributed by atoms with Crippen molar-refractivity contribution in [1.29, 1.82) is 0 Å². The summed E-state index contributed by atoms with van der Waals surface area (Å²) in [6, 6.07) is 14.4. The molecule has 0 radical (unpaired) electrons. The Morgan fingerprint density at radius 3 is 1.15 bits per heavy atom. The minimum Gasteiger partial charge on any atom is -0.379 e. The molecular weight excluding hydrogens is 1020 g/mol. The molecule has 2 aliphatic rings. The Morgan fingerprint density at radius 2 is 0.811 bits per heavy atom. The van der Waals surface area contributed by atoms with E-state index in [4.69, 9.17) is 61.6 Å². The lowest BCUT2D eigenvalue weighted by molar-refractivity contribution is -0.120. The van der Waals surface area contributed by atoms with Crippen molar-refractivity contribution in [1.82, 2.24) is 29.5 Å². The topological polar surface area (TPSA) is 176 Å². The van der Waals surface area contributed by atoms with E-state index in [0.717, 1.165) is 66.5 Å². The maximum Gasteiger partial charge on any atom is 0.163 e. The first-order valence-electron chi connectivity index (χ1n) is 25.1. The summed E-state index contributed by atoms with van der Waals surface area (Å²) >= 11 is 15.9. The molecule has 2 atom stereocenters. The predicted molar refractivity (Wildman–Crippen MR) is 289 cm³/mol. The van der Waals surface area contributed by atoms with E-state index in [9.17, 15) is 9.59 Å². The van der Waals surface area contributed by atoms with Gasteiger partial charge in [0.05, 0.1) is 77.5 Å². The Bertz CT molecular complexity index is 2730. The summed E-state index contributed by atoms with van der Waals surface area (Å²) in [4.78, 5) is 39.5. The van der Waals surface area contributed by atoms with Crippen LogP contribution in [0.1, 0.15) is 117 Å². The molecule has 0 aliphatic carbocycles. The molecule has 0 N–H and O–H groups in total. The van der Waals surface area contributed by atoms with Crippen molar-refractivity contribution in [3.63, 3.8) is 0 Å². The van der Waals surface area contributed by atoms with Crippen molar-refractivity contribution < 1.29 is 38.0 Å². The average Bonchev–Trinajstić information content (AvgIpc) is 4.09. The number of ether oxygens (including phenoxy) is 6. The largest absolute Gasteiger partial charge is 0.379 e. The Morgan fingerprint density at radius 1 is 0.486 bits per heavy atom. The van der Waals surface area contributed by atoms with Gasteiger partial charge >= 0.3 is 0 Å². The van der Waals surface area contributed by atoms with Gasteiger partial charge in [-0.15, -0.1) is 43.1 Å². The van der Waals surface area contributed by atoms with Crippen LogP contribution in [-0.4, -0.2) is 132 Å². The molecule has 0 saturated carbocycles. The Balaban J connectivity index is 0.627. The van der Waals surface area contributed by atoms with E-state index in [2.05, 4.69) is 57.2 Å². The zero-order chi connectivity index (χ0) is 52.1. The number of hydrogen-bond acceptors (Lipinski definition) is 16. The maximum atomic E-state index is 13.3. The number of carbonyl (C=O) groups is 2. The molecule has 0 saturated heterocycles. The van der Waals surface area contributed by atoms with Gasteiger partial charge in [0.25, 0.3) is 0 Å². The second-order valence-electron chi connectivity index (χ2n) is 18.2. The molecule has 0 fully saturated rings. The van der Waals surface area contributed by atoms with Crippen LogP contribution >= 0.6 is 45.9 Å². The van der Waals surface area contributed by atoms with E-state index in [0.29, 0.717) is 127 Å². The van der Waals surface area contributed by atoms with Crippen molar-refractivity contribution in [3.8, 4) is 10.0 Å². The number of aliphatic imine (C=N–C) groups is 2. The number of halogens is 2. The highest BCUT2D eigenvalue weighted by atomic mass is 35.5. The average molecular weight is 1090 g/mol. The van der Waals surface area contributed by atoms with E-state index in [1.807, 2.05) is 62.4 Å². The lowest BCUT2D eigenvalue weighted by Crippen LogP contribution is -2.14. The summed E-state index contributed by atoms with van der Waals surface area (Å²) < 4.78 is 38.1. The van der Waals surface area contributed by atoms with Crippen LogP contribution in [0.4, 0.5) is 0 Å². The summed E-state index contributed by atoms with van der Waals surface area (Å²) in [6.45, 7) is 17.6. The lowest BCUT2D eigenvalue weighted by Gasteiger charge is -2.12. The van der Waals surface area contributed by atoms with Gasteiger partial charge in [0.15, 0.2) is 11.6 Å². The number of fused-ring (bicyclic) bond motifs is 6. The van der Waals surface area contributed by atoms with E-state index in [1.54, 1.807) is 22.7 Å². The number of aromatic nitrogens is 6. The molecule has 0 spiro atoms. The van der Waals surface area contributed by atoms with Crippen LogP contribution in [0.25, 0.3) is 10.0 Å². The lowest BCUT2D eigenvalue weighted by atomic mass is 9.99. The molecule has 74 heavy (non-hydrogen) atoms. The summed E-state index contributed by atoms with van der Waals surface area (Å²) in [5.74, 6) is 3.04. The number of benzene rings is 2. The molecule has 6 heterocycles. The van der Waals surface area contributed by atoms with Gasteiger partial charge in [0.1, 0.15) is 45.3 Å². The smallest absolute Gasteiger partial charge is 0.163 e. The molecule has 8 rings (SSSR count). The number of rotatable bonds is 29. The monoisotopic (exact) mass is 1090 g/mol.